The van der Waals surface area contributed by atoms with E-state index in [4.69, 9.17) is 9.47 Å². The minimum atomic E-state index is -0.275. The van der Waals surface area contributed by atoms with Gasteiger partial charge in [0, 0.05) is 26.2 Å². The molecule has 2 fully saturated rings. The summed E-state index contributed by atoms with van der Waals surface area (Å²) in [6.07, 6.45) is 5.29. The van der Waals surface area contributed by atoms with E-state index in [1.807, 2.05) is 0 Å². The van der Waals surface area contributed by atoms with Gasteiger partial charge in [0.05, 0.1) is 6.10 Å². The molecule has 1 aliphatic carbocycles. The average Bonchev–Trinajstić information content (AvgIpc) is 2.44. The topological polar surface area (TPSA) is 21.7 Å². The van der Waals surface area contributed by atoms with Crippen LogP contribution in [-0.2, 0) is 4.74 Å². The number of para-hydroxylation sites is 1. The molecule has 1 heterocycles. The Kier molecular flexibility index (Phi) is 4.22. The van der Waals surface area contributed by atoms with E-state index in [2.05, 4.69) is 4.90 Å². The fourth-order valence-corrected chi connectivity index (χ4v) is 3.23. The van der Waals surface area contributed by atoms with Crippen molar-refractivity contribution < 1.29 is 13.9 Å². The van der Waals surface area contributed by atoms with E-state index in [1.54, 1.807) is 25.3 Å². The van der Waals surface area contributed by atoms with Crippen LogP contribution < -0.4 is 4.74 Å². The van der Waals surface area contributed by atoms with E-state index >= 15 is 0 Å². The van der Waals surface area contributed by atoms with Crippen LogP contribution >= 0.6 is 0 Å². The quantitative estimate of drug-likeness (QED) is 0.846. The molecule has 1 aliphatic heterocycles. The van der Waals surface area contributed by atoms with Crippen molar-refractivity contribution >= 4 is 0 Å². The fourth-order valence-electron chi connectivity index (χ4n) is 3.23. The van der Waals surface area contributed by atoms with E-state index < -0.39 is 0 Å². The molecular weight excluding hydrogens is 257 g/mol. The molecule has 0 amide bonds. The molecule has 0 aromatic heterocycles. The zero-order chi connectivity index (χ0) is 13.9. The minimum absolute atomic E-state index is 0.120. The molecule has 0 bridgehead atoms. The number of halogens is 1. The van der Waals surface area contributed by atoms with Gasteiger partial charge >= 0.3 is 0 Å². The summed E-state index contributed by atoms with van der Waals surface area (Å²) in [5, 5.41) is 0. The van der Waals surface area contributed by atoms with Crippen molar-refractivity contribution in [1.82, 2.24) is 4.90 Å². The molecule has 2 aliphatic rings. The van der Waals surface area contributed by atoms with E-state index in [0.717, 1.165) is 19.5 Å². The Labute approximate surface area is 119 Å². The van der Waals surface area contributed by atoms with Gasteiger partial charge in [-0.15, -0.1) is 0 Å². The first-order valence-corrected chi connectivity index (χ1v) is 7.44. The molecule has 0 N–H and O–H groups in total. The lowest BCUT2D eigenvalue weighted by molar-refractivity contribution is -0.0445. The van der Waals surface area contributed by atoms with Gasteiger partial charge in [-0.1, -0.05) is 12.1 Å². The lowest BCUT2D eigenvalue weighted by atomic mass is 9.89. The largest absolute Gasteiger partial charge is 0.485 e. The Bertz CT molecular complexity index is 448. The summed E-state index contributed by atoms with van der Waals surface area (Å²) in [4.78, 5) is 2.44. The van der Waals surface area contributed by atoms with E-state index in [-0.39, 0.29) is 11.9 Å². The minimum Gasteiger partial charge on any atom is -0.485 e. The van der Waals surface area contributed by atoms with Gasteiger partial charge in [-0.2, -0.15) is 0 Å². The lowest BCUT2D eigenvalue weighted by Crippen LogP contribution is -2.59. The molecule has 4 heteroatoms. The van der Waals surface area contributed by atoms with Gasteiger partial charge in [0.2, 0.25) is 0 Å². The highest BCUT2D eigenvalue weighted by Gasteiger charge is 2.36. The Morgan fingerprint density at radius 1 is 1.15 bits per heavy atom. The normalized spacial score (nSPS) is 28.1. The molecule has 1 aromatic rings. The van der Waals surface area contributed by atoms with Crippen LogP contribution in [0.5, 0.6) is 5.75 Å². The molecule has 3 nitrogen and oxygen atoms in total. The Hall–Kier alpha value is -1.13. The first-order chi connectivity index (χ1) is 9.76. The van der Waals surface area contributed by atoms with Crippen LogP contribution in [0.4, 0.5) is 4.39 Å². The number of likely N-dealkylation sites (tertiary alicyclic amines) is 1. The van der Waals surface area contributed by atoms with Crippen LogP contribution in [0.1, 0.15) is 25.7 Å². The summed E-state index contributed by atoms with van der Waals surface area (Å²) < 4.78 is 24.7. The van der Waals surface area contributed by atoms with Crippen molar-refractivity contribution in [3.8, 4) is 5.75 Å². The van der Waals surface area contributed by atoms with Crippen molar-refractivity contribution in [2.45, 2.75) is 43.9 Å². The number of hydrogen-bond donors (Lipinski definition) is 0. The van der Waals surface area contributed by atoms with Gasteiger partial charge in [-0.05, 0) is 37.8 Å². The van der Waals surface area contributed by atoms with E-state index in [9.17, 15) is 4.39 Å². The van der Waals surface area contributed by atoms with Gasteiger partial charge in [0.15, 0.2) is 11.6 Å². The lowest BCUT2D eigenvalue weighted by Gasteiger charge is -2.46. The van der Waals surface area contributed by atoms with Crippen LogP contribution in [0, 0.1) is 5.82 Å². The van der Waals surface area contributed by atoms with Crippen LogP contribution in [0.25, 0.3) is 0 Å². The number of benzene rings is 1. The number of methoxy groups -OCH3 is 1. The Morgan fingerprint density at radius 3 is 2.70 bits per heavy atom. The predicted molar refractivity (Wildman–Crippen MR) is 75.4 cm³/mol. The number of hydrogen-bond acceptors (Lipinski definition) is 3. The Morgan fingerprint density at radius 2 is 1.95 bits per heavy atom. The average molecular weight is 279 g/mol. The monoisotopic (exact) mass is 279 g/mol. The molecular formula is C16H22FNO2. The highest BCUT2D eigenvalue weighted by Crippen LogP contribution is 2.29. The van der Waals surface area contributed by atoms with Gasteiger partial charge in [-0.25, -0.2) is 4.39 Å². The van der Waals surface area contributed by atoms with E-state index in [1.165, 1.54) is 25.3 Å². The molecule has 110 valence electrons. The molecule has 3 rings (SSSR count). The molecule has 1 saturated heterocycles. The second-order valence-electron chi connectivity index (χ2n) is 5.80. The third kappa shape index (κ3) is 2.96. The van der Waals surface area contributed by atoms with Crippen molar-refractivity contribution in [2.75, 3.05) is 20.2 Å². The van der Waals surface area contributed by atoms with Crippen LogP contribution in [0.15, 0.2) is 24.3 Å². The van der Waals surface area contributed by atoms with Gasteiger partial charge in [0.1, 0.15) is 6.10 Å². The second kappa shape index (κ2) is 6.10. The Balaban J connectivity index is 1.48. The van der Waals surface area contributed by atoms with Gasteiger partial charge in [-0.3, -0.25) is 4.90 Å². The third-order valence-electron chi connectivity index (χ3n) is 4.45. The SMILES string of the molecule is COC1CCCC(N2CC(Oc3ccccc3F)C2)C1. The summed E-state index contributed by atoms with van der Waals surface area (Å²) >= 11 is 0. The highest BCUT2D eigenvalue weighted by atomic mass is 19.1. The maximum atomic E-state index is 13.5. The zero-order valence-corrected chi connectivity index (χ0v) is 11.9. The standard InChI is InChI=1S/C16H22FNO2/c1-19-13-6-4-5-12(9-13)18-10-14(11-18)20-16-8-3-2-7-15(16)17/h2-3,7-8,12-14H,4-6,9-11H2,1H3. The number of nitrogens with zero attached hydrogens (tertiary/aromatic N) is 1. The van der Waals surface area contributed by atoms with Crippen LogP contribution in [-0.4, -0.2) is 43.3 Å². The summed E-state index contributed by atoms with van der Waals surface area (Å²) in [5.74, 6) is 0.0959. The van der Waals surface area contributed by atoms with Crippen molar-refractivity contribution in [2.24, 2.45) is 0 Å². The zero-order valence-electron chi connectivity index (χ0n) is 11.9. The van der Waals surface area contributed by atoms with Crippen molar-refractivity contribution in [1.29, 1.82) is 0 Å². The smallest absolute Gasteiger partial charge is 0.165 e. The fraction of sp³-hybridized carbons (Fsp3) is 0.625. The predicted octanol–water partition coefficient (Wildman–Crippen LogP) is 2.85. The molecule has 20 heavy (non-hydrogen) atoms. The third-order valence-corrected chi connectivity index (χ3v) is 4.45. The molecule has 2 atom stereocenters. The van der Waals surface area contributed by atoms with Crippen molar-refractivity contribution in [3.05, 3.63) is 30.1 Å². The van der Waals surface area contributed by atoms with Gasteiger partial charge < -0.3 is 9.47 Å². The van der Waals surface area contributed by atoms with Crippen LogP contribution in [0.2, 0.25) is 0 Å². The summed E-state index contributed by atoms with van der Waals surface area (Å²) in [6, 6.07) is 7.23. The number of rotatable bonds is 4. The number of ether oxygens (including phenoxy) is 2. The maximum absolute atomic E-state index is 13.5. The van der Waals surface area contributed by atoms with Gasteiger partial charge in [0.25, 0.3) is 0 Å². The molecule has 1 saturated carbocycles. The highest BCUT2D eigenvalue weighted by molar-refractivity contribution is 5.24. The molecule has 0 spiro atoms. The molecule has 0 radical (unpaired) electrons. The molecule has 1 aromatic carbocycles. The van der Waals surface area contributed by atoms with Crippen molar-refractivity contribution in [3.63, 3.8) is 0 Å². The summed E-state index contributed by atoms with van der Waals surface area (Å²) in [6.45, 7) is 1.80. The summed E-state index contributed by atoms with van der Waals surface area (Å²) in [5.41, 5.74) is 0. The first kappa shape index (κ1) is 13.8. The second-order valence-corrected chi connectivity index (χ2v) is 5.80. The first-order valence-electron chi connectivity index (χ1n) is 7.44. The molecule has 2 unspecified atom stereocenters. The maximum Gasteiger partial charge on any atom is 0.165 e. The van der Waals surface area contributed by atoms with Crippen LogP contribution in [0.3, 0.4) is 0 Å². The summed E-state index contributed by atoms with van der Waals surface area (Å²) in [7, 11) is 1.80. The van der Waals surface area contributed by atoms with E-state index in [0.29, 0.717) is 17.9 Å².